The van der Waals surface area contributed by atoms with Gasteiger partial charge in [0.2, 0.25) is 0 Å². The average molecular weight is 305 g/mol. The fourth-order valence-electron chi connectivity index (χ4n) is 1.55. The molecule has 1 aromatic heterocycles. The van der Waals surface area contributed by atoms with Gasteiger partial charge in [0.05, 0.1) is 16.5 Å². The largest absolute Gasteiger partial charge is 0.393 e. The molecular weight excluding hydrogens is 284 g/mol. The summed E-state index contributed by atoms with van der Waals surface area (Å²) in [6, 6.07) is 3.41. The minimum atomic E-state index is -0.381. The van der Waals surface area contributed by atoms with E-state index in [9.17, 15) is 9.90 Å². The number of hydrogen-bond donors (Lipinski definition) is 3. The number of thiophene rings is 1. The summed E-state index contributed by atoms with van der Waals surface area (Å²) in [5.74, 6) is 0.206. The third-order valence-corrected chi connectivity index (χ3v) is 4.28. The summed E-state index contributed by atoms with van der Waals surface area (Å²) in [7, 11) is 0. The second-order valence-corrected chi connectivity index (χ2v) is 6.61. The van der Waals surface area contributed by atoms with Gasteiger partial charge in [-0.05, 0) is 31.4 Å². The standard InChI is InChI=1S/C13H21ClN2O2S/c1-8(2)10(17)6-7-15-13(18)16-9(3)11-4-5-12(14)19-11/h4-5,8-10,17H,6-7H2,1-3H3,(H2,15,16,18). The lowest BCUT2D eigenvalue weighted by Crippen LogP contribution is -2.38. The molecule has 2 unspecified atom stereocenters. The molecule has 0 aliphatic heterocycles. The number of aliphatic hydroxyl groups is 1. The van der Waals surface area contributed by atoms with Crippen molar-refractivity contribution in [3.05, 3.63) is 21.3 Å². The number of carbonyl (C=O) groups excluding carboxylic acids is 1. The Morgan fingerprint density at radius 3 is 2.63 bits per heavy atom. The topological polar surface area (TPSA) is 61.4 Å². The van der Waals surface area contributed by atoms with Crippen molar-refractivity contribution in [3.63, 3.8) is 0 Å². The Balaban J connectivity index is 2.27. The van der Waals surface area contributed by atoms with Crippen LogP contribution < -0.4 is 10.6 Å². The lowest BCUT2D eigenvalue weighted by Gasteiger charge is -2.16. The molecule has 2 atom stereocenters. The zero-order chi connectivity index (χ0) is 14.4. The van der Waals surface area contributed by atoms with E-state index >= 15 is 0 Å². The van der Waals surface area contributed by atoms with Crippen LogP contribution in [0, 0.1) is 5.92 Å². The first-order valence-corrected chi connectivity index (χ1v) is 7.57. The average Bonchev–Trinajstić information content (AvgIpc) is 2.75. The van der Waals surface area contributed by atoms with E-state index in [4.69, 9.17) is 11.6 Å². The van der Waals surface area contributed by atoms with E-state index in [-0.39, 0.29) is 24.1 Å². The van der Waals surface area contributed by atoms with E-state index in [0.717, 1.165) is 4.88 Å². The maximum absolute atomic E-state index is 11.7. The third-order valence-electron chi connectivity index (χ3n) is 2.86. The molecule has 0 aliphatic carbocycles. The Morgan fingerprint density at radius 2 is 2.11 bits per heavy atom. The van der Waals surface area contributed by atoms with Gasteiger partial charge in [-0.1, -0.05) is 25.4 Å². The number of urea groups is 1. The van der Waals surface area contributed by atoms with Crippen molar-refractivity contribution in [2.75, 3.05) is 6.54 Å². The molecule has 108 valence electrons. The van der Waals surface area contributed by atoms with Gasteiger partial charge >= 0.3 is 6.03 Å². The number of hydrogen-bond acceptors (Lipinski definition) is 3. The predicted molar refractivity (Wildman–Crippen MR) is 79.7 cm³/mol. The second kappa shape index (κ2) is 7.72. The normalized spacial score (nSPS) is 14.2. The van der Waals surface area contributed by atoms with E-state index in [1.165, 1.54) is 11.3 Å². The highest BCUT2D eigenvalue weighted by atomic mass is 35.5. The molecule has 0 bridgehead atoms. The van der Waals surface area contributed by atoms with E-state index in [1.54, 1.807) is 0 Å². The number of rotatable bonds is 6. The Morgan fingerprint density at radius 1 is 1.42 bits per heavy atom. The lowest BCUT2D eigenvalue weighted by atomic mass is 10.0. The molecule has 0 saturated heterocycles. The monoisotopic (exact) mass is 304 g/mol. The molecule has 19 heavy (non-hydrogen) atoms. The minimum Gasteiger partial charge on any atom is -0.393 e. The van der Waals surface area contributed by atoms with Gasteiger partial charge in [-0.3, -0.25) is 0 Å². The molecule has 0 fully saturated rings. The van der Waals surface area contributed by atoms with Crippen molar-refractivity contribution in [2.45, 2.75) is 39.3 Å². The van der Waals surface area contributed by atoms with Crippen LogP contribution in [-0.4, -0.2) is 23.8 Å². The smallest absolute Gasteiger partial charge is 0.315 e. The maximum atomic E-state index is 11.7. The molecule has 0 spiro atoms. The summed E-state index contributed by atoms with van der Waals surface area (Å²) in [6.07, 6.45) is 0.179. The molecule has 2 amide bonds. The minimum absolute atomic E-state index is 0.0764. The molecule has 0 aromatic carbocycles. The van der Waals surface area contributed by atoms with Crippen molar-refractivity contribution in [3.8, 4) is 0 Å². The molecule has 0 radical (unpaired) electrons. The summed E-state index contributed by atoms with van der Waals surface area (Å²) in [4.78, 5) is 12.7. The Bertz CT molecular complexity index is 409. The van der Waals surface area contributed by atoms with Crippen LogP contribution in [0.15, 0.2) is 12.1 Å². The van der Waals surface area contributed by atoms with E-state index < -0.39 is 0 Å². The Kier molecular flexibility index (Phi) is 6.62. The maximum Gasteiger partial charge on any atom is 0.315 e. The van der Waals surface area contributed by atoms with Gasteiger partial charge < -0.3 is 15.7 Å². The molecule has 0 aliphatic rings. The summed E-state index contributed by atoms with van der Waals surface area (Å²) >= 11 is 7.30. The molecule has 1 aromatic rings. The highest BCUT2D eigenvalue weighted by molar-refractivity contribution is 7.16. The highest BCUT2D eigenvalue weighted by Gasteiger charge is 2.12. The fraction of sp³-hybridized carbons (Fsp3) is 0.615. The highest BCUT2D eigenvalue weighted by Crippen LogP contribution is 2.26. The van der Waals surface area contributed by atoms with Gasteiger partial charge in [-0.2, -0.15) is 0 Å². The zero-order valence-corrected chi connectivity index (χ0v) is 13.0. The summed E-state index contributed by atoms with van der Waals surface area (Å²) < 4.78 is 0.712. The molecule has 1 heterocycles. The fourth-order valence-corrected chi connectivity index (χ4v) is 2.61. The van der Waals surface area contributed by atoms with E-state index in [0.29, 0.717) is 17.3 Å². The van der Waals surface area contributed by atoms with Crippen LogP contribution in [0.5, 0.6) is 0 Å². The first-order chi connectivity index (χ1) is 8.90. The molecule has 4 nitrogen and oxygen atoms in total. The zero-order valence-electron chi connectivity index (χ0n) is 11.4. The number of aliphatic hydroxyl groups excluding tert-OH is 1. The second-order valence-electron chi connectivity index (χ2n) is 4.86. The van der Waals surface area contributed by atoms with Crippen LogP contribution in [0.1, 0.15) is 38.1 Å². The molecular formula is C13H21ClN2O2S. The van der Waals surface area contributed by atoms with Crippen LogP contribution in [0.2, 0.25) is 4.34 Å². The van der Waals surface area contributed by atoms with E-state index in [1.807, 2.05) is 32.9 Å². The number of amides is 2. The van der Waals surface area contributed by atoms with Crippen molar-refractivity contribution < 1.29 is 9.90 Å². The number of carbonyl (C=O) groups is 1. The van der Waals surface area contributed by atoms with Crippen molar-refractivity contribution in [1.82, 2.24) is 10.6 Å². The predicted octanol–water partition coefficient (Wildman–Crippen LogP) is 3.17. The van der Waals surface area contributed by atoms with Crippen molar-refractivity contribution >= 4 is 29.0 Å². The first-order valence-electron chi connectivity index (χ1n) is 6.37. The van der Waals surface area contributed by atoms with Gasteiger partial charge in [-0.15, -0.1) is 11.3 Å². The first kappa shape index (κ1) is 16.3. The summed E-state index contributed by atoms with van der Waals surface area (Å²) in [6.45, 7) is 6.27. The van der Waals surface area contributed by atoms with Crippen molar-refractivity contribution in [2.24, 2.45) is 5.92 Å². The van der Waals surface area contributed by atoms with Gasteiger partial charge in [0.25, 0.3) is 0 Å². The molecule has 3 N–H and O–H groups in total. The van der Waals surface area contributed by atoms with Crippen LogP contribution in [0.25, 0.3) is 0 Å². The van der Waals surface area contributed by atoms with Crippen LogP contribution in [0.3, 0.4) is 0 Å². The lowest BCUT2D eigenvalue weighted by molar-refractivity contribution is 0.116. The van der Waals surface area contributed by atoms with Gasteiger partial charge in [-0.25, -0.2) is 4.79 Å². The third kappa shape index (κ3) is 5.80. The Labute approximate surface area is 123 Å². The van der Waals surface area contributed by atoms with Crippen LogP contribution >= 0.6 is 22.9 Å². The van der Waals surface area contributed by atoms with Gasteiger partial charge in [0.15, 0.2) is 0 Å². The van der Waals surface area contributed by atoms with Crippen molar-refractivity contribution in [1.29, 1.82) is 0 Å². The summed E-state index contributed by atoms with van der Waals surface area (Å²) in [5.41, 5.74) is 0. The van der Waals surface area contributed by atoms with Crippen LogP contribution in [0.4, 0.5) is 4.79 Å². The summed E-state index contributed by atoms with van der Waals surface area (Å²) in [5, 5.41) is 15.2. The quantitative estimate of drug-likeness (QED) is 0.756. The number of nitrogens with one attached hydrogen (secondary N) is 2. The van der Waals surface area contributed by atoms with Crippen LogP contribution in [-0.2, 0) is 0 Å². The molecule has 1 rings (SSSR count). The SMILES string of the molecule is CC(NC(=O)NCCC(O)C(C)C)c1ccc(Cl)s1. The molecule has 0 saturated carbocycles. The number of halogens is 1. The van der Waals surface area contributed by atoms with Gasteiger partial charge in [0, 0.05) is 11.4 Å². The molecule has 6 heteroatoms. The van der Waals surface area contributed by atoms with E-state index in [2.05, 4.69) is 10.6 Å². The Hall–Kier alpha value is -0.780. The van der Waals surface area contributed by atoms with Gasteiger partial charge in [0.1, 0.15) is 0 Å².